The molecule has 0 radical (unpaired) electrons. The van der Waals surface area contributed by atoms with Crippen molar-refractivity contribution < 1.29 is 17.6 Å². The Morgan fingerprint density at radius 2 is 1.76 bits per heavy atom. The third-order valence-corrected chi connectivity index (χ3v) is 2.73. The molecule has 21 heavy (non-hydrogen) atoms. The summed E-state index contributed by atoms with van der Waals surface area (Å²) in [4.78, 5) is 3.77. The quantitative estimate of drug-likeness (QED) is 0.455. The summed E-state index contributed by atoms with van der Waals surface area (Å²) < 4.78 is 51.8. The number of nitrogens with two attached hydrogens (primary N) is 1. The number of benzene rings is 1. The van der Waals surface area contributed by atoms with Gasteiger partial charge in [0.2, 0.25) is 0 Å². The second-order valence-corrected chi connectivity index (χ2v) is 4.45. The summed E-state index contributed by atoms with van der Waals surface area (Å²) in [5.74, 6) is 3.96. The lowest BCUT2D eigenvalue weighted by Gasteiger charge is -2.13. The Balaban J connectivity index is 2.42. The van der Waals surface area contributed by atoms with Gasteiger partial charge in [0.05, 0.1) is 11.3 Å². The summed E-state index contributed by atoms with van der Waals surface area (Å²) in [7, 11) is 0. The first-order valence-corrected chi connectivity index (χ1v) is 5.95. The summed E-state index contributed by atoms with van der Waals surface area (Å²) in [5, 5.41) is 2.66. The zero-order valence-corrected chi connectivity index (χ0v) is 11.1. The van der Waals surface area contributed by atoms with Crippen LogP contribution in [0, 0.1) is 5.82 Å². The maximum Gasteiger partial charge on any atom is 0.416 e. The minimum Gasteiger partial charge on any atom is -0.338 e. The lowest BCUT2D eigenvalue weighted by molar-refractivity contribution is -0.137. The predicted molar refractivity (Wildman–Crippen MR) is 71.7 cm³/mol. The van der Waals surface area contributed by atoms with Gasteiger partial charge in [-0.3, -0.25) is 0 Å². The first-order valence-electron chi connectivity index (χ1n) is 5.57. The van der Waals surface area contributed by atoms with E-state index in [-0.39, 0.29) is 22.3 Å². The molecule has 1 aromatic heterocycles. The molecule has 1 aromatic carbocycles. The molecular formula is C12H9ClF4N4. The summed E-state index contributed by atoms with van der Waals surface area (Å²) in [6.07, 6.45) is -4.59. The molecule has 2 rings (SSSR count). The maximum atomic E-state index is 13.6. The van der Waals surface area contributed by atoms with Crippen molar-refractivity contribution >= 4 is 28.9 Å². The van der Waals surface area contributed by atoms with Crippen LogP contribution in [0.4, 0.5) is 34.9 Å². The Morgan fingerprint density at radius 1 is 1.10 bits per heavy atom. The lowest BCUT2D eigenvalue weighted by Crippen LogP contribution is -2.13. The van der Waals surface area contributed by atoms with E-state index in [0.717, 1.165) is 18.2 Å². The standard InChI is InChI=1S/C12H9ClF4N4/c13-7-1-2-8(14)9(5-7)19-10-3-6(12(15,16)17)4-11(20-10)21-18/h1-5H,18H2,(H2,19,20,21). The molecule has 0 spiro atoms. The van der Waals surface area contributed by atoms with Gasteiger partial charge in [-0.25, -0.2) is 15.2 Å². The molecule has 4 N–H and O–H groups in total. The van der Waals surface area contributed by atoms with E-state index in [4.69, 9.17) is 17.4 Å². The highest BCUT2D eigenvalue weighted by Crippen LogP contribution is 2.33. The number of anilines is 3. The van der Waals surface area contributed by atoms with E-state index in [0.29, 0.717) is 0 Å². The molecule has 0 bridgehead atoms. The molecule has 0 aliphatic rings. The van der Waals surface area contributed by atoms with Crippen LogP contribution < -0.4 is 16.6 Å². The van der Waals surface area contributed by atoms with Gasteiger partial charge in [-0.2, -0.15) is 13.2 Å². The molecule has 0 saturated carbocycles. The van der Waals surface area contributed by atoms with Crippen LogP contribution >= 0.6 is 11.6 Å². The minimum absolute atomic E-state index is 0.0997. The second-order valence-electron chi connectivity index (χ2n) is 4.02. The topological polar surface area (TPSA) is 63.0 Å². The number of hydrogen-bond donors (Lipinski definition) is 3. The molecule has 0 saturated heterocycles. The third kappa shape index (κ3) is 3.73. The fourth-order valence-corrected chi connectivity index (χ4v) is 1.74. The first-order chi connectivity index (χ1) is 9.79. The van der Waals surface area contributed by atoms with E-state index >= 15 is 0 Å². The number of halogens is 5. The van der Waals surface area contributed by atoms with Crippen LogP contribution in [0.2, 0.25) is 5.02 Å². The van der Waals surface area contributed by atoms with Crippen molar-refractivity contribution in [3.8, 4) is 0 Å². The number of aromatic nitrogens is 1. The SMILES string of the molecule is NNc1cc(C(F)(F)F)cc(Nc2cc(Cl)ccc2F)n1. The summed E-state index contributed by atoms with van der Waals surface area (Å²) >= 11 is 5.71. The van der Waals surface area contributed by atoms with Crippen LogP contribution in [0.5, 0.6) is 0 Å². The largest absolute Gasteiger partial charge is 0.416 e. The Morgan fingerprint density at radius 3 is 2.38 bits per heavy atom. The minimum atomic E-state index is -4.59. The fourth-order valence-electron chi connectivity index (χ4n) is 1.56. The van der Waals surface area contributed by atoms with Gasteiger partial charge >= 0.3 is 6.18 Å². The smallest absolute Gasteiger partial charge is 0.338 e. The number of alkyl halides is 3. The summed E-state index contributed by atoms with van der Waals surface area (Å²) in [6, 6.07) is 5.10. The van der Waals surface area contributed by atoms with E-state index < -0.39 is 17.6 Å². The van der Waals surface area contributed by atoms with Gasteiger partial charge in [0.15, 0.2) is 0 Å². The molecule has 2 aromatic rings. The van der Waals surface area contributed by atoms with Crippen molar-refractivity contribution in [3.63, 3.8) is 0 Å². The van der Waals surface area contributed by atoms with Crippen LogP contribution in [0.1, 0.15) is 5.56 Å². The number of rotatable bonds is 3. The van der Waals surface area contributed by atoms with E-state index in [1.54, 1.807) is 0 Å². The number of nitrogens with one attached hydrogen (secondary N) is 2. The van der Waals surface area contributed by atoms with Crippen LogP contribution in [0.25, 0.3) is 0 Å². The average molecular weight is 321 g/mol. The maximum absolute atomic E-state index is 13.6. The van der Waals surface area contributed by atoms with Gasteiger partial charge in [0, 0.05) is 5.02 Å². The molecule has 0 amide bonds. The number of hydrogen-bond acceptors (Lipinski definition) is 4. The number of hydrazine groups is 1. The third-order valence-electron chi connectivity index (χ3n) is 2.49. The Kier molecular flexibility index (Phi) is 4.19. The number of pyridine rings is 1. The highest BCUT2D eigenvalue weighted by Gasteiger charge is 2.31. The van der Waals surface area contributed by atoms with Crippen molar-refractivity contribution in [2.75, 3.05) is 10.7 Å². The van der Waals surface area contributed by atoms with Gasteiger partial charge in [-0.1, -0.05) is 11.6 Å². The van der Waals surface area contributed by atoms with E-state index in [1.807, 2.05) is 5.43 Å². The number of nitrogen functional groups attached to an aromatic ring is 1. The molecule has 0 atom stereocenters. The van der Waals surface area contributed by atoms with Crippen molar-refractivity contribution in [2.45, 2.75) is 6.18 Å². The van der Waals surface area contributed by atoms with E-state index in [9.17, 15) is 17.6 Å². The molecule has 112 valence electrons. The van der Waals surface area contributed by atoms with Gasteiger partial charge < -0.3 is 10.7 Å². The van der Waals surface area contributed by atoms with Gasteiger partial charge in [0.25, 0.3) is 0 Å². The Labute approximate surface area is 121 Å². The molecule has 0 unspecified atom stereocenters. The molecule has 0 aliphatic heterocycles. The molecule has 9 heteroatoms. The van der Waals surface area contributed by atoms with Crippen LogP contribution in [0.15, 0.2) is 30.3 Å². The normalized spacial score (nSPS) is 11.3. The summed E-state index contributed by atoms with van der Waals surface area (Å²) in [6.45, 7) is 0. The molecular weight excluding hydrogens is 312 g/mol. The Bertz CT molecular complexity index is 660. The van der Waals surface area contributed by atoms with E-state index in [2.05, 4.69) is 10.3 Å². The molecule has 4 nitrogen and oxygen atoms in total. The van der Waals surface area contributed by atoms with Crippen molar-refractivity contribution in [1.82, 2.24) is 4.98 Å². The van der Waals surface area contributed by atoms with Crippen LogP contribution in [0.3, 0.4) is 0 Å². The van der Waals surface area contributed by atoms with Crippen LogP contribution in [-0.2, 0) is 6.18 Å². The molecule has 1 heterocycles. The first kappa shape index (κ1) is 15.3. The summed E-state index contributed by atoms with van der Waals surface area (Å²) in [5.41, 5.74) is 0.944. The van der Waals surface area contributed by atoms with Gasteiger partial charge in [-0.05, 0) is 30.3 Å². The average Bonchev–Trinajstić information content (AvgIpc) is 2.41. The van der Waals surface area contributed by atoms with Crippen molar-refractivity contribution in [3.05, 3.63) is 46.7 Å². The highest BCUT2D eigenvalue weighted by atomic mass is 35.5. The van der Waals surface area contributed by atoms with Crippen molar-refractivity contribution in [2.24, 2.45) is 5.84 Å². The zero-order chi connectivity index (χ0) is 15.6. The van der Waals surface area contributed by atoms with Gasteiger partial charge in [0.1, 0.15) is 17.5 Å². The van der Waals surface area contributed by atoms with Gasteiger partial charge in [-0.15, -0.1) is 0 Å². The molecule has 0 aliphatic carbocycles. The monoisotopic (exact) mass is 320 g/mol. The Hall–Kier alpha value is -2.06. The highest BCUT2D eigenvalue weighted by molar-refractivity contribution is 6.30. The van der Waals surface area contributed by atoms with Crippen molar-refractivity contribution in [1.29, 1.82) is 0 Å². The fraction of sp³-hybridized carbons (Fsp3) is 0.0833. The molecule has 0 fully saturated rings. The van der Waals surface area contributed by atoms with Crippen LogP contribution in [-0.4, -0.2) is 4.98 Å². The zero-order valence-electron chi connectivity index (χ0n) is 10.3. The predicted octanol–water partition coefficient (Wildman–Crippen LogP) is 3.92. The second kappa shape index (κ2) is 5.74. The lowest BCUT2D eigenvalue weighted by atomic mass is 10.2. The number of nitrogens with zero attached hydrogens (tertiary/aromatic N) is 1. The van der Waals surface area contributed by atoms with E-state index in [1.165, 1.54) is 12.1 Å².